The zero-order valence-corrected chi connectivity index (χ0v) is 9.60. The van der Waals surface area contributed by atoms with Gasteiger partial charge in [0.05, 0.1) is 19.8 Å². The number of hydrogen-bond acceptors (Lipinski definition) is 4. The van der Waals surface area contributed by atoms with Crippen LogP contribution in [0.25, 0.3) is 0 Å². The lowest BCUT2D eigenvalue weighted by Crippen LogP contribution is -2.27. The molecular weight excluding hydrogens is 206 g/mol. The smallest absolute Gasteiger partial charge is 0.192 e. The van der Waals surface area contributed by atoms with Crippen LogP contribution in [0.3, 0.4) is 0 Å². The first kappa shape index (κ1) is 11.4. The molecule has 4 heteroatoms. The summed E-state index contributed by atoms with van der Waals surface area (Å²) in [7, 11) is 1.64. The van der Waals surface area contributed by atoms with Gasteiger partial charge < -0.3 is 19.9 Å². The van der Waals surface area contributed by atoms with Gasteiger partial charge in [0.25, 0.3) is 0 Å². The van der Waals surface area contributed by atoms with Crippen LogP contribution in [0, 0.1) is 0 Å². The Morgan fingerprint density at radius 1 is 1.56 bits per heavy atom. The summed E-state index contributed by atoms with van der Waals surface area (Å²) in [5.74, 6) is 0.0839. The first-order valence-electron chi connectivity index (χ1n) is 5.34. The van der Waals surface area contributed by atoms with Crippen LogP contribution in [0.2, 0.25) is 0 Å². The van der Waals surface area contributed by atoms with Crippen molar-refractivity contribution in [1.82, 2.24) is 0 Å². The van der Waals surface area contributed by atoms with Gasteiger partial charge in [0, 0.05) is 12.1 Å². The fourth-order valence-corrected chi connectivity index (χ4v) is 1.81. The van der Waals surface area contributed by atoms with Crippen LogP contribution in [0.5, 0.6) is 5.75 Å². The molecule has 0 aliphatic carbocycles. The molecule has 1 aromatic carbocycles. The minimum absolute atomic E-state index is 0.0313. The van der Waals surface area contributed by atoms with Crippen molar-refractivity contribution in [3.63, 3.8) is 0 Å². The molecular formula is C12H17NO3. The zero-order chi connectivity index (χ0) is 11.6. The lowest BCUT2D eigenvalue weighted by Gasteiger charge is -2.24. The van der Waals surface area contributed by atoms with E-state index in [-0.39, 0.29) is 6.10 Å². The summed E-state index contributed by atoms with van der Waals surface area (Å²) >= 11 is 0. The zero-order valence-electron chi connectivity index (χ0n) is 9.60. The van der Waals surface area contributed by atoms with Crippen molar-refractivity contribution in [2.45, 2.75) is 18.8 Å². The number of benzene rings is 1. The van der Waals surface area contributed by atoms with Crippen LogP contribution in [0.15, 0.2) is 24.3 Å². The average Bonchev–Trinajstić information content (AvgIpc) is 2.73. The van der Waals surface area contributed by atoms with Crippen molar-refractivity contribution >= 4 is 0 Å². The predicted molar refractivity (Wildman–Crippen MR) is 60.2 cm³/mol. The molecule has 0 aromatic heterocycles. The minimum atomic E-state index is -0.710. The molecule has 2 atom stereocenters. The van der Waals surface area contributed by atoms with E-state index in [1.54, 1.807) is 7.11 Å². The highest BCUT2D eigenvalue weighted by molar-refractivity contribution is 5.31. The summed E-state index contributed by atoms with van der Waals surface area (Å²) in [5.41, 5.74) is 6.51. The van der Waals surface area contributed by atoms with Gasteiger partial charge in [-0.3, -0.25) is 0 Å². The molecule has 0 spiro atoms. The molecule has 1 aliphatic heterocycles. The molecule has 88 valence electrons. The second-order valence-electron chi connectivity index (χ2n) is 3.96. The molecule has 2 rings (SSSR count). The molecule has 1 fully saturated rings. The third-order valence-electron chi connectivity index (χ3n) is 2.79. The predicted octanol–water partition coefficient (Wildman–Crippen LogP) is 1.24. The van der Waals surface area contributed by atoms with Gasteiger partial charge in [-0.1, -0.05) is 12.1 Å². The van der Waals surface area contributed by atoms with E-state index in [9.17, 15) is 0 Å². The van der Waals surface area contributed by atoms with Gasteiger partial charge in [-0.2, -0.15) is 0 Å². The van der Waals surface area contributed by atoms with Crippen LogP contribution in [-0.4, -0.2) is 26.4 Å². The maximum absolute atomic E-state index is 5.78. The Bertz CT molecular complexity index is 369. The molecule has 0 bridgehead atoms. The van der Waals surface area contributed by atoms with Gasteiger partial charge in [-0.15, -0.1) is 0 Å². The van der Waals surface area contributed by atoms with Gasteiger partial charge in [-0.25, -0.2) is 0 Å². The Hall–Kier alpha value is -1.10. The molecule has 16 heavy (non-hydrogen) atoms. The van der Waals surface area contributed by atoms with Crippen molar-refractivity contribution in [3.8, 4) is 5.75 Å². The molecule has 4 nitrogen and oxygen atoms in total. The van der Waals surface area contributed by atoms with Crippen molar-refractivity contribution in [2.75, 3.05) is 20.3 Å². The van der Waals surface area contributed by atoms with Crippen molar-refractivity contribution in [3.05, 3.63) is 29.8 Å². The Balaban J connectivity index is 2.22. The van der Waals surface area contributed by atoms with E-state index in [1.807, 2.05) is 31.2 Å². The van der Waals surface area contributed by atoms with Crippen LogP contribution in [0.4, 0.5) is 0 Å². The number of ether oxygens (including phenoxy) is 3. The summed E-state index contributed by atoms with van der Waals surface area (Å²) in [6, 6.07) is 7.68. The topological polar surface area (TPSA) is 53.7 Å². The summed E-state index contributed by atoms with van der Waals surface area (Å²) in [5, 5.41) is 0. The van der Waals surface area contributed by atoms with E-state index in [1.165, 1.54) is 0 Å². The molecule has 0 amide bonds. The van der Waals surface area contributed by atoms with Gasteiger partial charge in [0.2, 0.25) is 0 Å². The van der Waals surface area contributed by atoms with Gasteiger partial charge in [0.1, 0.15) is 5.75 Å². The number of nitrogens with two attached hydrogens (primary N) is 1. The summed E-state index contributed by atoms with van der Waals surface area (Å²) < 4.78 is 16.6. The average molecular weight is 223 g/mol. The molecule has 1 saturated heterocycles. The second-order valence-corrected chi connectivity index (χ2v) is 3.96. The SMILES string of the molecule is COc1cccc(C2(C)OCC(CN)O2)c1. The Morgan fingerprint density at radius 2 is 2.38 bits per heavy atom. The summed E-state index contributed by atoms with van der Waals surface area (Å²) in [6.45, 7) is 2.90. The van der Waals surface area contributed by atoms with Gasteiger partial charge >= 0.3 is 0 Å². The van der Waals surface area contributed by atoms with E-state index in [0.717, 1.165) is 11.3 Å². The molecule has 0 radical (unpaired) electrons. The van der Waals surface area contributed by atoms with E-state index >= 15 is 0 Å². The molecule has 2 N–H and O–H groups in total. The monoisotopic (exact) mass is 223 g/mol. The van der Waals surface area contributed by atoms with Crippen LogP contribution < -0.4 is 10.5 Å². The summed E-state index contributed by atoms with van der Waals surface area (Å²) in [6.07, 6.45) is -0.0313. The second kappa shape index (κ2) is 4.41. The summed E-state index contributed by atoms with van der Waals surface area (Å²) in [4.78, 5) is 0. The maximum atomic E-state index is 5.78. The Morgan fingerprint density at radius 3 is 3.00 bits per heavy atom. The van der Waals surface area contributed by atoms with Crippen LogP contribution in [-0.2, 0) is 15.3 Å². The highest BCUT2D eigenvalue weighted by Gasteiger charge is 2.38. The third kappa shape index (κ3) is 2.04. The van der Waals surface area contributed by atoms with Crippen molar-refractivity contribution in [1.29, 1.82) is 0 Å². The third-order valence-corrected chi connectivity index (χ3v) is 2.79. The molecule has 1 aromatic rings. The highest BCUT2D eigenvalue weighted by Crippen LogP contribution is 2.34. The van der Waals surface area contributed by atoms with Gasteiger partial charge in [-0.05, 0) is 19.1 Å². The lowest BCUT2D eigenvalue weighted by molar-refractivity contribution is -0.160. The van der Waals surface area contributed by atoms with Crippen molar-refractivity contribution < 1.29 is 14.2 Å². The highest BCUT2D eigenvalue weighted by atomic mass is 16.7. The largest absolute Gasteiger partial charge is 0.497 e. The van der Waals surface area contributed by atoms with Crippen LogP contribution in [0.1, 0.15) is 12.5 Å². The normalized spacial score (nSPS) is 29.3. The molecule has 0 saturated carbocycles. The standard InChI is InChI=1S/C12H17NO3/c1-12(15-8-11(7-13)16-12)9-4-3-5-10(6-9)14-2/h3-6,11H,7-8,13H2,1-2H3. The minimum Gasteiger partial charge on any atom is -0.497 e. The van der Waals surface area contributed by atoms with E-state index in [4.69, 9.17) is 19.9 Å². The molecule has 1 heterocycles. The Labute approximate surface area is 95.3 Å². The number of hydrogen-bond donors (Lipinski definition) is 1. The maximum Gasteiger partial charge on any atom is 0.192 e. The van der Waals surface area contributed by atoms with E-state index in [0.29, 0.717) is 13.2 Å². The van der Waals surface area contributed by atoms with Crippen LogP contribution >= 0.6 is 0 Å². The lowest BCUT2D eigenvalue weighted by atomic mass is 10.1. The number of rotatable bonds is 3. The van der Waals surface area contributed by atoms with E-state index in [2.05, 4.69) is 0 Å². The fourth-order valence-electron chi connectivity index (χ4n) is 1.81. The first-order valence-corrected chi connectivity index (χ1v) is 5.34. The quantitative estimate of drug-likeness (QED) is 0.837. The number of methoxy groups -OCH3 is 1. The first-order chi connectivity index (χ1) is 7.68. The molecule has 2 unspecified atom stereocenters. The van der Waals surface area contributed by atoms with Crippen molar-refractivity contribution in [2.24, 2.45) is 5.73 Å². The van der Waals surface area contributed by atoms with Gasteiger partial charge in [0.15, 0.2) is 5.79 Å². The van der Waals surface area contributed by atoms with E-state index < -0.39 is 5.79 Å². The Kier molecular flexibility index (Phi) is 3.14. The fraction of sp³-hybridized carbons (Fsp3) is 0.500. The molecule has 1 aliphatic rings.